The molecule has 2 aromatic rings. The Hall–Kier alpha value is -2.13. The van der Waals surface area contributed by atoms with E-state index in [4.69, 9.17) is 21.1 Å². The minimum absolute atomic E-state index is 0.0314. The Balaban J connectivity index is 1.30. The summed E-state index contributed by atoms with van der Waals surface area (Å²) in [6.45, 7) is 3.46. The van der Waals surface area contributed by atoms with Gasteiger partial charge < -0.3 is 9.47 Å². The first-order valence-corrected chi connectivity index (χ1v) is 13.4. The smallest absolute Gasteiger partial charge is 0.339 e. The number of methoxy groups -OCH3 is 1. The van der Waals surface area contributed by atoms with Gasteiger partial charge in [-0.1, -0.05) is 29.8 Å². The van der Waals surface area contributed by atoms with Crippen LogP contribution in [-0.4, -0.2) is 63.5 Å². The van der Waals surface area contributed by atoms with Crippen LogP contribution in [0.4, 0.5) is 0 Å². The molecule has 1 saturated carbocycles. The molecule has 0 radical (unpaired) electrons. The van der Waals surface area contributed by atoms with Crippen molar-refractivity contribution in [1.82, 2.24) is 9.21 Å². The van der Waals surface area contributed by atoms with E-state index in [0.717, 1.165) is 48.8 Å². The van der Waals surface area contributed by atoms with Crippen molar-refractivity contribution in [1.29, 1.82) is 0 Å². The molecule has 2 fully saturated rings. The number of hydrogen-bond donors (Lipinski definition) is 0. The summed E-state index contributed by atoms with van der Waals surface area (Å²) in [6, 6.07) is 12.0. The van der Waals surface area contributed by atoms with E-state index in [1.807, 2.05) is 18.2 Å². The van der Waals surface area contributed by atoms with Crippen LogP contribution in [0.25, 0.3) is 0 Å². The van der Waals surface area contributed by atoms with Crippen molar-refractivity contribution in [3.63, 3.8) is 0 Å². The van der Waals surface area contributed by atoms with Gasteiger partial charge in [-0.05, 0) is 74.5 Å². The molecule has 0 aromatic heterocycles. The first-order chi connectivity index (χ1) is 16.3. The molecule has 34 heavy (non-hydrogen) atoms. The number of hydrogen-bond acceptors (Lipinski definition) is 6. The lowest BCUT2D eigenvalue weighted by molar-refractivity contribution is 0.0575. The van der Waals surface area contributed by atoms with E-state index < -0.39 is 16.0 Å². The van der Waals surface area contributed by atoms with Crippen molar-refractivity contribution in [2.75, 3.05) is 33.8 Å². The van der Waals surface area contributed by atoms with Crippen molar-refractivity contribution < 1.29 is 22.7 Å². The number of carbonyl (C=O) groups is 1. The molecule has 184 valence electrons. The highest BCUT2D eigenvalue weighted by Gasteiger charge is 2.35. The van der Waals surface area contributed by atoms with Gasteiger partial charge in [0.1, 0.15) is 5.75 Å². The molecule has 1 saturated heterocycles. The molecule has 2 aliphatic rings. The molecule has 0 bridgehead atoms. The van der Waals surface area contributed by atoms with Crippen LogP contribution < -0.4 is 4.74 Å². The molecule has 7 nitrogen and oxygen atoms in total. The van der Waals surface area contributed by atoms with Gasteiger partial charge in [-0.2, -0.15) is 0 Å². The Morgan fingerprint density at radius 1 is 1.15 bits per heavy atom. The van der Waals surface area contributed by atoms with Crippen molar-refractivity contribution in [2.24, 2.45) is 5.92 Å². The minimum atomic E-state index is -3.82. The van der Waals surface area contributed by atoms with Gasteiger partial charge in [0, 0.05) is 25.2 Å². The highest BCUT2D eigenvalue weighted by molar-refractivity contribution is 7.89. The molecule has 0 atom stereocenters. The molecule has 0 spiro atoms. The Morgan fingerprint density at radius 2 is 1.85 bits per heavy atom. The summed E-state index contributed by atoms with van der Waals surface area (Å²) in [5.74, 6) is 0.251. The van der Waals surface area contributed by atoms with Crippen molar-refractivity contribution in [3.05, 3.63) is 58.6 Å². The van der Waals surface area contributed by atoms with Crippen LogP contribution in [-0.2, 0) is 21.3 Å². The fourth-order valence-corrected chi connectivity index (χ4v) is 6.28. The summed E-state index contributed by atoms with van der Waals surface area (Å²) in [7, 11) is -1.05. The zero-order valence-electron chi connectivity index (χ0n) is 19.6. The Morgan fingerprint density at radius 3 is 2.53 bits per heavy atom. The molecule has 0 unspecified atom stereocenters. The maximum atomic E-state index is 13.1. The molecule has 9 heteroatoms. The third kappa shape index (κ3) is 5.57. The zero-order valence-corrected chi connectivity index (χ0v) is 21.1. The van der Waals surface area contributed by atoms with Gasteiger partial charge in [-0.25, -0.2) is 17.5 Å². The van der Waals surface area contributed by atoms with Gasteiger partial charge in [-0.15, -0.1) is 0 Å². The van der Waals surface area contributed by atoms with Gasteiger partial charge >= 0.3 is 5.97 Å². The predicted octanol–water partition coefficient (Wildman–Crippen LogP) is 4.20. The molecule has 0 N–H and O–H groups in total. The van der Waals surface area contributed by atoms with Gasteiger partial charge in [0.2, 0.25) is 10.0 Å². The fourth-order valence-electron chi connectivity index (χ4n) is 4.62. The van der Waals surface area contributed by atoms with E-state index in [0.29, 0.717) is 6.54 Å². The minimum Gasteiger partial charge on any atom is -0.490 e. The summed E-state index contributed by atoms with van der Waals surface area (Å²) >= 11 is 6.49. The van der Waals surface area contributed by atoms with E-state index in [1.165, 1.54) is 43.4 Å². The number of rotatable bonds is 9. The average molecular weight is 507 g/mol. The quantitative estimate of drug-likeness (QED) is 0.474. The summed E-state index contributed by atoms with van der Waals surface area (Å²) in [5, 5.41) is 0.718. The lowest BCUT2D eigenvalue weighted by atomic mass is 9.82. The number of likely N-dealkylation sites (tertiary alicyclic amines) is 1. The molecule has 2 aromatic carbocycles. The molecule has 0 amide bonds. The second kappa shape index (κ2) is 10.6. The number of ether oxygens (including phenoxy) is 2. The van der Waals surface area contributed by atoms with Crippen LogP contribution in [0.1, 0.15) is 41.6 Å². The summed E-state index contributed by atoms with van der Waals surface area (Å²) < 4.78 is 38.3. The van der Waals surface area contributed by atoms with Crippen LogP contribution in [0.2, 0.25) is 5.02 Å². The van der Waals surface area contributed by atoms with Gasteiger partial charge in [0.15, 0.2) is 0 Å². The summed E-state index contributed by atoms with van der Waals surface area (Å²) in [6.07, 6.45) is 4.03. The third-order valence-corrected chi connectivity index (χ3v) is 8.84. The van der Waals surface area contributed by atoms with Crippen LogP contribution in [0.3, 0.4) is 0 Å². The monoisotopic (exact) mass is 506 g/mol. The lowest BCUT2D eigenvalue weighted by Crippen LogP contribution is -2.42. The van der Waals surface area contributed by atoms with Crippen LogP contribution in [0, 0.1) is 5.92 Å². The van der Waals surface area contributed by atoms with Crippen molar-refractivity contribution in [3.8, 4) is 5.75 Å². The zero-order chi connectivity index (χ0) is 24.3. The number of benzene rings is 2. The van der Waals surface area contributed by atoms with E-state index in [9.17, 15) is 13.2 Å². The van der Waals surface area contributed by atoms with E-state index in [-0.39, 0.29) is 22.5 Å². The maximum Gasteiger partial charge on any atom is 0.339 e. The maximum absolute atomic E-state index is 13.1. The van der Waals surface area contributed by atoms with Gasteiger partial charge in [0.05, 0.1) is 23.7 Å². The number of sulfonamides is 1. The third-order valence-electron chi connectivity index (χ3n) is 6.61. The van der Waals surface area contributed by atoms with Crippen LogP contribution in [0.5, 0.6) is 5.75 Å². The summed E-state index contributed by atoms with van der Waals surface area (Å²) in [5.41, 5.74) is 1.15. The largest absolute Gasteiger partial charge is 0.490 e. The van der Waals surface area contributed by atoms with Crippen LogP contribution in [0.15, 0.2) is 47.4 Å². The lowest BCUT2D eigenvalue weighted by Gasteiger charge is -2.37. The van der Waals surface area contributed by atoms with E-state index in [1.54, 1.807) is 12.1 Å². The SMILES string of the molecule is COC(=O)c1ccccc1S(=O)(=O)N(C)CC1CC(Oc2ccc(CN3CCCC3)c(Cl)c2)C1. The van der Waals surface area contributed by atoms with Crippen LogP contribution >= 0.6 is 11.6 Å². The Kier molecular flexibility index (Phi) is 7.82. The number of nitrogens with zero attached hydrogens (tertiary/aromatic N) is 2. The highest BCUT2D eigenvalue weighted by atomic mass is 35.5. The number of halogens is 1. The van der Waals surface area contributed by atoms with E-state index in [2.05, 4.69) is 4.90 Å². The topological polar surface area (TPSA) is 76.2 Å². The molecule has 1 heterocycles. The second-order valence-corrected chi connectivity index (χ2v) is 11.5. The molecule has 1 aliphatic carbocycles. The molecule has 1 aliphatic heterocycles. The highest BCUT2D eigenvalue weighted by Crippen LogP contribution is 2.34. The van der Waals surface area contributed by atoms with E-state index >= 15 is 0 Å². The molecule has 4 rings (SSSR count). The Bertz CT molecular complexity index is 1130. The van der Waals surface area contributed by atoms with Crippen molar-refractivity contribution >= 4 is 27.6 Å². The predicted molar refractivity (Wildman–Crippen MR) is 131 cm³/mol. The molecular weight excluding hydrogens is 476 g/mol. The number of carbonyl (C=O) groups excluding carboxylic acids is 1. The van der Waals surface area contributed by atoms with Crippen molar-refractivity contribution in [2.45, 2.75) is 43.2 Å². The molecular formula is C25H31ClN2O5S. The number of esters is 1. The fraction of sp³-hybridized carbons (Fsp3) is 0.480. The Labute approximate surface area is 206 Å². The second-order valence-electron chi connectivity index (χ2n) is 9.09. The summed E-state index contributed by atoms with van der Waals surface area (Å²) in [4.78, 5) is 14.4. The first kappa shape index (κ1) is 25.0. The normalized spacial score (nSPS) is 20.8. The van der Waals surface area contributed by atoms with Gasteiger partial charge in [-0.3, -0.25) is 4.90 Å². The first-order valence-electron chi connectivity index (χ1n) is 11.6. The van der Waals surface area contributed by atoms with Gasteiger partial charge in [0.25, 0.3) is 0 Å². The standard InChI is InChI=1S/C25H31ClN2O5S/c1-27(34(30,31)24-8-4-3-7-22(24)25(29)32-2)16-18-13-21(14-18)33-20-10-9-19(23(26)15-20)17-28-11-5-6-12-28/h3-4,7-10,15,18,21H,5-6,11-14,16-17H2,1-2H3. The average Bonchev–Trinajstić information content (AvgIpc) is 3.32.